The van der Waals surface area contributed by atoms with Crippen molar-refractivity contribution < 1.29 is 0 Å². The van der Waals surface area contributed by atoms with Gasteiger partial charge in [-0.1, -0.05) is 12.1 Å². The molecule has 0 unspecified atom stereocenters. The number of aryl methyl sites for hydroxylation is 1. The number of anilines is 3. The molecule has 0 spiro atoms. The summed E-state index contributed by atoms with van der Waals surface area (Å²) in [5, 5.41) is 0. The monoisotopic (exact) mass is 228 g/mol. The third-order valence-electron chi connectivity index (χ3n) is 2.67. The second kappa shape index (κ2) is 4.84. The van der Waals surface area contributed by atoms with Crippen LogP contribution in [-0.2, 0) is 0 Å². The van der Waals surface area contributed by atoms with Crippen molar-refractivity contribution in [1.82, 2.24) is 4.98 Å². The lowest BCUT2D eigenvalue weighted by molar-refractivity contribution is 1.16. The van der Waals surface area contributed by atoms with E-state index in [1.54, 1.807) is 6.20 Å². The number of aromatic nitrogens is 1. The van der Waals surface area contributed by atoms with Gasteiger partial charge in [0.15, 0.2) is 0 Å². The van der Waals surface area contributed by atoms with Crippen molar-refractivity contribution in [2.24, 2.45) is 5.84 Å². The van der Waals surface area contributed by atoms with E-state index < -0.39 is 0 Å². The smallest absolute Gasteiger partial charge is 0.141 e. The molecule has 1 heterocycles. The molecule has 3 N–H and O–H groups in total. The van der Waals surface area contributed by atoms with Crippen molar-refractivity contribution >= 4 is 17.2 Å². The first kappa shape index (κ1) is 11.4. The predicted molar refractivity (Wildman–Crippen MR) is 71.3 cm³/mol. The summed E-state index contributed by atoms with van der Waals surface area (Å²) in [5.41, 5.74) is 5.96. The molecular weight excluding hydrogens is 212 g/mol. The SMILES string of the molecule is Cc1cccc(N(C)c2ccnc(NN)c2)c1. The average Bonchev–Trinajstić information content (AvgIpc) is 2.38. The number of benzene rings is 1. The van der Waals surface area contributed by atoms with E-state index in [2.05, 4.69) is 40.4 Å². The van der Waals surface area contributed by atoms with E-state index in [1.165, 1.54) is 5.56 Å². The lowest BCUT2D eigenvalue weighted by Gasteiger charge is -2.20. The number of nitrogens with one attached hydrogen (secondary N) is 1. The van der Waals surface area contributed by atoms with E-state index in [1.807, 2.05) is 25.2 Å². The summed E-state index contributed by atoms with van der Waals surface area (Å²) in [6.45, 7) is 2.08. The Morgan fingerprint density at radius 2 is 1.94 bits per heavy atom. The summed E-state index contributed by atoms with van der Waals surface area (Å²) in [7, 11) is 2.02. The summed E-state index contributed by atoms with van der Waals surface area (Å²) in [5.74, 6) is 6.01. The van der Waals surface area contributed by atoms with Gasteiger partial charge in [-0.05, 0) is 30.7 Å². The van der Waals surface area contributed by atoms with Gasteiger partial charge < -0.3 is 10.3 Å². The van der Waals surface area contributed by atoms with E-state index in [0.717, 1.165) is 11.4 Å². The Kier molecular flexibility index (Phi) is 3.25. The van der Waals surface area contributed by atoms with Crippen molar-refractivity contribution in [3.63, 3.8) is 0 Å². The highest BCUT2D eigenvalue weighted by molar-refractivity contribution is 5.65. The maximum absolute atomic E-state index is 5.35. The van der Waals surface area contributed by atoms with Gasteiger partial charge in [0.2, 0.25) is 0 Å². The van der Waals surface area contributed by atoms with Crippen LogP contribution in [0.3, 0.4) is 0 Å². The molecule has 2 aromatic rings. The van der Waals surface area contributed by atoms with Crippen molar-refractivity contribution in [1.29, 1.82) is 0 Å². The van der Waals surface area contributed by atoms with Gasteiger partial charge in [-0.3, -0.25) is 0 Å². The Labute approximate surface area is 101 Å². The Morgan fingerprint density at radius 3 is 2.65 bits per heavy atom. The Morgan fingerprint density at radius 1 is 1.18 bits per heavy atom. The molecule has 0 aliphatic carbocycles. The minimum Gasteiger partial charge on any atom is -0.344 e. The molecule has 0 aliphatic rings. The molecule has 1 aromatic carbocycles. The summed E-state index contributed by atoms with van der Waals surface area (Å²) >= 11 is 0. The lowest BCUT2D eigenvalue weighted by atomic mass is 10.2. The van der Waals surface area contributed by atoms with Gasteiger partial charge in [0.25, 0.3) is 0 Å². The number of hydrogen-bond acceptors (Lipinski definition) is 4. The maximum atomic E-state index is 5.35. The number of hydrazine groups is 1. The Bertz CT molecular complexity index is 510. The first-order valence-electron chi connectivity index (χ1n) is 5.44. The highest BCUT2D eigenvalue weighted by atomic mass is 15.2. The van der Waals surface area contributed by atoms with Crippen LogP contribution in [0, 0.1) is 6.92 Å². The second-order valence-electron chi connectivity index (χ2n) is 3.94. The predicted octanol–water partition coefficient (Wildman–Crippen LogP) is 2.44. The summed E-state index contributed by atoms with van der Waals surface area (Å²) < 4.78 is 0. The van der Waals surface area contributed by atoms with Gasteiger partial charge in [-0.25, -0.2) is 10.8 Å². The molecule has 88 valence electrons. The fourth-order valence-electron chi connectivity index (χ4n) is 1.69. The standard InChI is InChI=1S/C13H16N4/c1-10-4-3-5-11(8-10)17(2)12-6-7-15-13(9-12)16-14/h3-9H,14H2,1-2H3,(H,15,16). The molecule has 1 aromatic heterocycles. The molecule has 0 fully saturated rings. The molecule has 0 saturated heterocycles. The Hall–Kier alpha value is -2.07. The molecule has 4 heteroatoms. The van der Waals surface area contributed by atoms with Crippen molar-refractivity contribution in [3.8, 4) is 0 Å². The van der Waals surface area contributed by atoms with Gasteiger partial charge in [-0.2, -0.15) is 0 Å². The van der Waals surface area contributed by atoms with Crippen molar-refractivity contribution in [3.05, 3.63) is 48.2 Å². The molecule has 17 heavy (non-hydrogen) atoms. The molecule has 0 aliphatic heterocycles. The summed E-state index contributed by atoms with van der Waals surface area (Å²) in [6.07, 6.45) is 1.73. The van der Waals surface area contributed by atoms with Gasteiger partial charge in [0.1, 0.15) is 5.82 Å². The molecular formula is C13H16N4. The third kappa shape index (κ3) is 2.54. The molecule has 0 amide bonds. The van der Waals surface area contributed by atoms with Crippen LogP contribution in [0.15, 0.2) is 42.6 Å². The largest absolute Gasteiger partial charge is 0.344 e. The number of rotatable bonds is 3. The van der Waals surface area contributed by atoms with Crippen LogP contribution < -0.4 is 16.2 Å². The van der Waals surface area contributed by atoms with Gasteiger partial charge in [-0.15, -0.1) is 0 Å². The fourth-order valence-corrected chi connectivity index (χ4v) is 1.69. The molecule has 0 bridgehead atoms. The zero-order valence-electron chi connectivity index (χ0n) is 10.0. The average molecular weight is 228 g/mol. The van der Waals surface area contributed by atoms with Gasteiger partial charge >= 0.3 is 0 Å². The number of nitrogens with zero attached hydrogens (tertiary/aromatic N) is 2. The minimum absolute atomic E-state index is 0.655. The first-order chi connectivity index (χ1) is 8.20. The minimum atomic E-state index is 0.655. The quantitative estimate of drug-likeness (QED) is 0.626. The fraction of sp³-hybridized carbons (Fsp3) is 0.154. The van der Waals surface area contributed by atoms with E-state index in [-0.39, 0.29) is 0 Å². The van der Waals surface area contributed by atoms with Gasteiger partial charge in [0, 0.05) is 30.7 Å². The highest BCUT2D eigenvalue weighted by Crippen LogP contribution is 2.24. The van der Waals surface area contributed by atoms with Crippen LogP contribution in [0.4, 0.5) is 17.2 Å². The second-order valence-corrected chi connectivity index (χ2v) is 3.94. The summed E-state index contributed by atoms with van der Waals surface area (Å²) in [4.78, 5) is 6.18. The molecule has 0 saturated carbocycles. The van der Waals surface area contributed by atoms with E-state index in [4.69, 9.17) is 5.84 Å². The highest BCUT2D eigenvalue weighted by Gasteiger charge is 2.04. The third-order valence-corrected chi connectivity index (χ3v) is 2.67. The maximum Gasteiger partial charge on any atom is 0.141 e. The van der Waals surface area contributed by atoms with Crippen LogP contribution in [0.1, 0.15) is 5.56 Å². The van der Waals surface area contributed by atoms with E-state index in [0.29, 0.717) is 5.82 Å². The van der Waals surface area contributed by atoms with Gasteiger partial charge in [0.05, 0.1) is 0 Å². The van der Waals surface area contributed by atoms with Crippen LogP contribution in [0.5, 0.6) is 0 Å². The molecule has 4 nitrogen and oxygen atoms in total. The normalized spacial score (nSPS) is 10.1. The number of hydrogen-bond donors (Lipinski definition) is 2. The molecule has 0 atom stereocenters. The van der Waals surface area contributed by atoms with Crippen LogP contribution in [-0.4, -0.2) is 12.0 Å². The van der Waals surface area contributed by atoms with E-state index in [9.17, 15) is 0 Å². The number of nitrogens with two attached hydrogens (primary N) is 1. The van der Waals surface area contributed by atoms with E-state index >= 15 is 0 Å². The Balaban J connectivity index is 2.33. The van der Waals surface area contributed by atoms with Crippen LogP contribution >= 0.6 is 0 Å². The van der Waals surface area contributed by atoms with Crippen molar-refractivity contribution in [2.75, 3.05) is 17.4 Å². The number of pyridine rings is 1. The summed E-state index contributed by atoms with van der Waals surface area (Å²) in [6, 6.07) is 12.2. The zero-order chi connectivity index (χ0) is 12.3. The molecule has 0 radical (unpaired) electrons. The van der Waals surface area contributed by atoms with Crippen molar-refractivity contribution in [2.45, 2.75) is 6.92 Å². The van der Waals surface area contributed by atoms with Crippen LogP contribution in [0.25, 0.3) is 0 Å². The lowest BCUT2D eigenvalue weighted by Crippen LogP contribution is -2.12. The first-order valence-corrected chi connectivity index (χ1v) is 5.44. The number of nitrogen functional groups attached to an aromatic ring is 1. The van der Waals surface area contributed by atoms with Crippen LogP contribution in [0.2, 0.25) is 0 Å². The zero-order valence-corrected chi connectivity index (χ0v) is 10.0. The molecule has 2 rings (SSSR count). The topological polar surface area (TPSA) is 54.2 Å².